The van der Waals surface area contributed by atoms with E-state index in [9.17, 15) is 14.9 Å². The molecule has 2 aliphatic rings. The van der Waals surface area contributed by atoms with Crippen molar-refractivity contribution in [2.75, 3.05) is 38.2 Å². The van der Waals surface area contributed by atoms with Crippen LogP contribution in [0.1, 0.15) is 47.2 Å². The van der Waals surface area contributed by atoms with Gasteiger partial charge >= 0.3 is 0 Å². The van der Waals surface area contributed by atoms with E-state index in [0.29, 0.717) is 32.8 Å². The maximum absolute atomic E-state index is 12.9. The third-order valence-electron chi connectivity index (χ3n) is 6.61. The van der Waals surface area contributed by atoms with Crippen LogP contribution in [0.4, 0.5) is 11.4 Å². The van der Waals surface area contributed by atoms with Crippen molar-refractivity contribution in [3.8, 4) is 0 Å². The van der Waals surface area contributed by atoms with Gasteiger partial charge in [0.15, 0.2) is 0 Å². The summed E-state index contributed by atoms with van der Waals surface area (Å²) in [5, 5.41) is 15.0. The smallest absolute Gasteiger partial charge is 0.282 e. The van der Waals surface area contributed by atoms with Gasteiger partial charge in [-0.25, -0.2) is 0 Å². The molecular formula is C24H29N3O4. The molecule has 7 nitrogen and oxygen atoms in total. The second-order valence-electron chi connectivity index (χ2n) is 8.55. The van der Waals surface area contributed by atoms with Gasteiger partial charge in [-0.05, 0) is 55.9 Å². The molecular weight excluding hydrogens is 394 g/mol. The van der Waals surface area contributed by atoms with Crippen molar-refractivity contribution in [2.45, 2.75) is 38.0 Å². The predicted octanol–water partition coefficient (Wildman–Crippen LogP) is 4.30. The number of benzene rings is 2. The highest BCUT2D eigenvalue weighted by Gasteiger charge is 2.35. The first-order valence-electron chi connectivity index (χ1n) is 11.0. The van der Waals surface area contributed by atoms with Crippen LogP contribution in [0, 0.1) is 17.0 Å². The molecule has 2 aliphatic heterocycles. The van der Waals surface area contributed by atoms with E-state index in [1.165, 1.54) is 17.2 Å². The summed E-state index contributed by atoms with van der Waals surface area (Å²) in [6, 6.07) is 13.2. The molecule has 2 aromatic carbocycles. The Kier molecular flexibility index (Phi) is 6.23. The maximum Gasteiger partial charge on any atom is 0.282 e. The molecule has 0 radical (unpaired) electrons. The molecule has 4 rings (SSSR count). The number of nitrogens with zero attached hydrogens (tertiary/aromatic N) is 2. The Labute approximate surface area is 182 Å². The van der Waals surface area contributed by atoms with Crippen molar-refractivity contribution in [3.63, 3.8) is 0 Å². The summed E-state index contributed by atoms with van der Waals surface area (Å²) < 4.78 is 5.63. The summed E-state index contributed by atoms with van der Waals surface area (Å²) >= 11 is 0. The van der Waals surface area contributed by atoms with Gasteiger partial charge in [-0.15, -0.1) is 0 Å². The fourth-order valence-corrected chi connectivity index (χ4v) is 4.81. The van der Waals surface area contributed by atoms with E-state index in [4.69, 9.17) is 4.74 Å². The number of amides is 1. The molecule has 0 saturated carbocycles. The van der Waals surface area contributed by atoms with Crippen LogP contribution >= 0.6 is 0 Å². The molecule has 31 heavy (non-hydrogen) atoms. The van der Waals surface area contributed by atoms with Crippen molar-refractivity contribution in [3.05, 3.63) is 69.3 Å². The first-order chi connectivity index (χ1) is 15.0. The van der Waals surface area contributed by atoms with Gasteiger partial charge in [-0.3, -0.25) is 14.9 Å². The number of nitro groups is 1. The predicted molar refractivity (Wildman–Crippen MR) is 120 cm³/mol. The van der Waals surface area contributed by atoms with Crippen molar-refractivity contribution < 1.29 is 14.5 Å². The van der Waals surface area contributed by atoms with Crippen LogP contribution in [0.15, 0.2) is 42.5 Å². The van der Waals surface area contributed by atoms with Gasteiger partial charge in [-0.2, -0.15) is 0 Å². The van der Waals surface area contributed by atoms with Gasteiger partial charge in [0, 0.05) is 50.0 Å². The standard InChI is InChI=1S/C24H29N3O4/c1-18-6-2-3-7-21(18)24(10-14-31-15-11-24)17-25-19-8-9-22(27(29)30)20(16-19)23(28)26-12-4-5-13-26/h2-3,6-9,16,25H,4-5,10-15,17H2,1H3. The lowest BCUT2D eigenvalue weighted by molar-refractivity contribution is -0.385. The van der Waals surface area contributed by atoms with Gasteiger partial charge in [0.25, 0.3) is 11.6 Å². The number of anilines is 1. The Morgan fingerprint density at radius 3 is 2.55 bits per heavy atom. The van der Waals surface area contributed by atoms with Crippen LogP contribution in [-0.4, -0.2) is 48.6 Å². The molecule has 0 bridgehead atoms. The quantitative estimate of drug-likeness (QED) is 0.553. The first-order valence-corrected chi connectivity index (χ1v) is 11.0. The Balaban J connectivity index is 1.61. The number of hydrogen-bond acceptors (Lipinski definition) is 5. The minimum atomic E-state index is -0.472. The molecule has 2 aromatic rings. The van der Waals surface area contributed by atoms with Gasteiger partial charge in [0.05, 0.1) is 4.92 Å². The van der Waals surface area contributed by atoms with Gasteiger partial charge in [0.2, 0.25) is 0 Å². The number of ether oxygens (including phenoxy) is 1. The highest BCUT2D eigenvalue weighted by atomic mass is 16.6. The Bertz CT molecular complexity index is 963. The lowest BCUT2D eigenvalue weighted by atomic mass is 9.72. The highest BCUT2D eigenvalue weighted by molar-refractivity contribution is 5.99. The number of carbonyl (C=O) groups excluding carboxylic acids is 1. The summed E-state index contributed by atoms with van der Waals surface area (Å²) in [5.74, 6) is -0.257. The molecule has 0 atom stereocenters. The van der Waals surface area contributed by atoms with Gasteiger partial charge in [0.1, 0.15) is 5.56 Å². The first kappa shape index (κ1) is 21.3. The zero-order chi connectivity index (χ0) is 21.8. The molecule has 0 spiro atoms. The molecule has 1 N–H and O–H groups in total. The van der Waals surface area contributed by atoms with E-state index in [0.717, 1.165) is 31.4 Å². The van der Waals surface area contributed by atoms with Crippen LogP contribution in [0.5, 0.6) is 0 Å². The zero-order valence-corrected chi connectivity index (χ0v) is 17.9. The van der Waals surface area contributed by atoms with Crippen LogP contribution in [0.2, 0.25) is 0 Å². The summed E-state index contributed by atoms with van der Waals surface area (Å²) in [4.78, 5) is 25.7. The van der Waals surface area contributed by atoms with Crippen molar-refractivity contribution in [2.24, 2.45) is 0 Å². The minimum Gasteiger partial charge on any atom is -0.384 e. The molecule has 2 fully saturated rings. The number of nitro benzene ring substituents is 1. The Morgan fingerprint density at radius 1 is 1.16 bits per heavy atom. The average molecular weight is 424 g/mol. The van der Waals surface area contributed by atoms with Crippen LogP contribution in [-0.2, 0) is 10.2 Å². The molecule has 1 amide bonds. The summed E-state index contributed by atoms with van der Waals surface area (Å²) in [6.45, 7) is 5.53. The third kappa shape index (κ3) is 4.42. The Morgan fingerprint density at radius 2 is 1.87 bits per heavy atom. The topological polar surface area (TPSA) is 84.7 Å². The van der Waals surface area contributed by atoms with E-state index in [1.807, 2.05) is 6.07 Å². The summed E-state index contributed by atoms with van der Waals surface area (Å²) in [6.07, 6.45) is 3.69. The normalized spacial score (nSPS) is 18.0. The maximum atomic E-state index is 12.9. The van der Waals surface area contributed by atoms with Crippen LogP contribution in [0.3, 0.4) is 0 Å². The van der Waals surface area contributed by atoms with E-state index < -0.39 is 4.92 Å². The van der Waals surface area contributed by atoms with Crippen LogP contribution < -0.4 is 5.32 Å². The van der Waals surface area contributed by atoms with Crippen molar-refractivity contribution in [1.29, 1.82) is 0 Å². The lowest BCUT2D eigenvalue weighted by Crippen LogP contribution is -2.40. The monoisotopic (exact) mass is 423 g/mol. The summed E-state index contributed by atoms with van der Waals surface area (Å²) in [5.41, 5.74) is 3.23. The molecule has 7 heteroatoms. The molecule has 0 aliphatic carbocycles. The largest absolute Gasteiger partial charge is 0.384 e. The number of hydrogen-bond donors (Lipinski definition) is 1. The van der Waals surface area contributed by atoms with Crippen LogP contribution in [0.25, 0.3) is 0 Å². The fraction of sp³-hybridized carbons (Fsp3) is 0.458. The van der Waals surface area contributed by atoms with Crippen molar-refractivity contribution in [1.82, 2.24) is 4.90 Å². The lowest BCUT2D eigenvalue weighted by Gasteiger charge is -2.39. The molecule has 0 unspecified atom stereocenters. The van der Waals surface area contributed by atoms with E-state index in [2.05, 4.69) is 30.4 Å². The third-order valence-corrected chi connectivity index (χ3v) is 6.61. The zero-order valence-electron chi connectivity index (χ0n) is 17.9. The molecule has 164 valence electrons. The summed E-state index contributed by atoms with van der Waals surface area (Å²) in [7, 11) is 0. The highest BCUT2D eigenvalue weighted by Crippen LogP contribution is 2.37. The number of rotatable bonds is 6. The second kappa shape index (κ2) is 9.06. The molecule has 0 aromatic heterocycles. The average Bonchev–Trinajstić information content (AvgIpc) is 3.33. The van der Waals surface area contributed by atoms with Gasteiger partial charge < -0.3 is 15.0 Å². The fourth-order valence-electron chi connectivity index (χ4n) is 4.81. The van der Waals surface area contributed by atoms with Gasteiger partial charge in [-0.1, -0.05) is 24.3 Å². The number of likely N-dealkylation sites (tertiary alicyclic amines) is 1. The van der Waals surface area contributed by atoms with E-state index >= 15 is 0 Å². The number of carbonyl (C=O) groups is 1. The number of nitrogens with one attached hydrogen (secondary N) is 1. The molecule has 2 saturated heterocycles. The second-order valence-corrected chi connectivity index (χ2v) is 8.55. The minimum absolute atomic E-state index is 0.0789. The molecule has 2 heterocycles. The van der Waals surface area contributed by atoms with E-state index in [1.54, 1.807) is 17.0 Å². The Hall–Kier alpha value is -2.93. The van der Waals surface area contributed by atoms with Crippen molar-refractivity contribution >= 4 is 17.3 Å². The van der Waals surface area contributed by atoms with E-state index in [-0.39, 0.29) is 22.6 Å². The number of aryl methyl sites for hydroxylation is 1. The SMILES string of the molecule is Cc1ccccc1C1(CNc2ccc([N+](=O)[O-])c(C(=O)N3CCCC3)c2)CCOCC1.